The van der Waals surface area contributed by atoms with Gasteiger partial charge < -0.3 is 0 Å². The third-order valence-corrected chi connectivity index (χ3v) is 3.02. The van der Waals surface area contributed by atoms with Gasteiger partial charge in [0.05, 0.1) is 5.25 Å². The summed E-state index contributed by atoms with van der Waals surface area (Å²) in [7, 11) is 1.55. The van der Waals surface area contributed by atoms with E-state index in [1.165, 1.54) is 4.90 Å². The molecule has 1 heterocycles. The number of rotatable bonds is 2. The molecule has 1 fully saturated rings. The van der Waals surface area contributed by atoms with Gasteiger partial charge in [0.25, 0.3) is 0 Å². The summed E-state index contributed by atoms with van der Waals surface area (Å²) in [4.78, 5) is 23.6. The fourth-order valence-electron chi connectivity index (χ4n) is 1.16. The summed E-state index contributed by atoms with van der Waals surface area (Å²) in [5, 5.41) is 0.265. The lowest BCUT2D eigenvalue weighted by molar-refractivity contribution is -0.136. The number of likely N-dealkylation sites (tertiary alicyclic amines) is 1. The maximum atomic E-state index is 11.3. The van der Waals surface area contributed by atoms with Crippen molar-refractivity contribution in [1.82, 2.24) is 4.90 Å². The van der Waals surface area contributed by atoms with Crippen molar-refractivity contribution in [2.45, 2.75) is 30.8 Å². The van der Waals surface area contributed by atoms with Crippen molar-refractivity contribution in [2.24, 2.45) is 0 Å². The molecule has 0 N–H and O–H groups in total. The summed E-state index contributed by atoms with van der Waals surface area (Å²) in [6.07, 6.45) is 0.373. The molecule has 12 heavy (non-hydrogen) atoms. The van der Waals surface area contributed by atoms with E-state index in [0.717, 1.165) is 0 Å². The third-order valence-electron chi connectivity index (χ3n) is 1.78. The summed E-state index contributed by atoms with van der Waals surface area (Å²) < 4.78 is 0. The molecule has 0 aromatic rings. The first-order valence-corrected chi connectivity index (χ1v) is 4.92. The number of amides is 2. The minimum atomic E-state index is -0.137. The van der Waals surface area contributed by atoms with Crippen LogP contribution in [0.25, 0.3) is 0 Å². The quantitative estimate of drug-likeness (QED) is 0.602. The summed E-state index contributed by atoms with van der Waals surface area (Å²) >= 11 is 1.57. The van der Waals surface area contributed by atoms with Crippen molar-refractivity contribution in [3.05, 3.63) is 0 Å². The smallest absolute Gasteiger partial charge is 0.242 e. The Balaban J connectivity index is 2.59. The van der Waals surface area contributed by atoms with E-state index in [4.69, 9.17) is 0 Å². The van der Waals surface area contributed by atoms with E-state index in [1.807, 2.05) is 13.8 Å². The van der Waals surface area contributed by atoms with Crippen LogP contribution in [-0.4, -0.2) is 34.3 Å². The number of carbonyl (C=O) groups excluding carboxylic acids is 2. The molecule has 1 atom stereocenters. The predicted molar refractivity (Wildman–Crippen MR) is 48.9 cm³/mol. The van der Waals surface area contributed by atoms with Crippen molar-refractivity contribution in [1.29, 1.82) is 0 Å². The standard InChI is InChI=1S/C8H13NO2S/c1-5(2)12-6-4-7(10)9(3)8(6)11/h5-6H,4H2,1-3H3/t6-/m1/s1. The van der Waals surface area contributed by atoms with Crippen molar-refractivity contribution < 1.29 is 9.59 Å². The van der Waals surface area contributed by atoms with Gasteiger partial charge in [0.2, 0.25) is 11.8 Å². The first-order chi connectivity index (χ1) is 5.52. The number of hydrogen-bond acceptors (Lipinski definition) is 3. The van der Waals surface area contributed by atoms with Crippen LogP contribution in [0.2, 0.25) is 0 Å². The van der Waals surface area contributed by atoms with Crippen LogP contribution in [0.1, 0.15) is 20.3 Å². The Hall–Kier alpha value is -0.510. The molecule has 0 saturated carbocycles. The maximum absolute atomic E-state index is 11.3. The fraction of sp³-hybridized carbons (Fsp3) is 0.750. The predicted octanol–water partition coefficient (Wildman–Crippen LogP) is 0.885. The number of thioether (sulfide) groups is 1. The first kappa shape index (κ1) is 9.58. The van der Waals surface area contributed by atoms with E-state index in [-0.39, 0.29) is 17.1 Å². The van der Waals surface area contributed by atoms with E-state index in [0.29, 0.717) is 11.7 Å². The maximum Gasteiger partial charge on any atom is 0.242 e. The van der Waals surface area contributed by atoms with Crippen LogP contribution in [0.4, 0.5) is 0 Å². The Morgan fingerprint density at radius 1 is 1.50 bits per heavy atom. The van der Waals surface area contributed by atoms with E-state index in [2.05, 4.69) is 0 Å². The molecular formula is C8H13NO2S. The molecule has 0 aliphatic carbocycles. The number of carbonyl (C=O) groups is 2. The zero-order valence-corrected chi connectivity index (χ0v) is 8.35. The van der Waals surface area contributed by atoms with Gasteiger partial charge in [0.1, 0.15) is 0 Å². The number of imide groups is 1. The molecule has 1 aliphatic heterocycles. The second-order valence-corrected chi connectivity index (χ2v) is 4.95. The molecule has 1 rings (SSSR count). The molecule has 68 valence electrons. The van der Waals surface area contributed by atoms with E-state index in [9.17, 15) is 9.59 Å². The SMILES string of the molecule is CC(C)S[C@@H]1CC(=O)N(C)C1=O. The summed E-state index contributed by atoms with van der Waals surface area (Å²) in [5.74, 6) is -0.100. The van der Waals surface area contributed by atoms with Gasteiger partial charge in [0.15, 0.2) is 0 Å². The highest BCUT2D eigenvalue weighted by atomic mass is 32.2. The second kappa shape index (κ2) is 3.47. The van der Waals surface area contributed by atoms with Crippen molar-refractivity contribution in [2.75, 3.05) is 7.05 Å². The molecule has 0 aromatic heterocycles. The van der Waals surface area contributed by atoms with Gasteiger partial charge in [0, 0.05) is 13.5 Å². The average molecular weight is 187 g/mol. The monoisotopic (exact) mass is 187 g/mol. The molecule has 2 amide bonds. The van der Waals surface area contributed by atoms with Gasteiger partial charge in [-0.3, -0.25) is 14.5 Å². The van der Waals surface area contributed by atoms with Crippen LogP contribution in [0.3, 0.4) is 0 Å². The summed E-state index contributed by atoms with van der Waals surface area (Å²) in [5.41, 5.74) is 0. The summed E-state index contributed by atoms with van der Waals surface area (Å²) in [6.45, 7) is 4.06. The molecule has 4 heteroatoms. The Labute approximate surface area is 76.5 Å². The molecule has 0 aromatic carbocycles. The lowest BCUT2D eigenvalue weighted by Crippen LogP contribution is -2.27. The molecule has 0 bridgehead atoms. The Kier molecular flexibility index (Phi) is 2.77. The van der Waals surface area contributed by atoms with Gasteiger partial charge in [-0.25, -0.2) is 0 Å². The molecule has 0 radical (unpaired) electrons. The van der Waals surface area contributed by atoms with Crippen LogP contribution in [0.5, 0.6) is 0 Å². The zero-order chi connectivity index (χ0) is 9.30. The van der Waals surface area contributed by atoms with Gasteiger partial charge in [-0.2, -0.15) is 0 Å². The van der Waals surface area contributed by atoms with E-state index < -0.39 is 0 Å². The largest absolute Gasteiger partial charge is 0.285 e. The van der Waals surface area contributed by atoms with Gasteiger partial charge >= 0.3 is 0 Å². The van der Waals surface area contributed by atoms with Crippen LogP contribution < -0.4 is 0 Å². The third kappa shape index (κ3) is 1.80. The zero-order valence-electron chi connectivity index (χ0n) is 7.53. The van der Waals surface area contributed by atoms with Crippen molar-refractivity contribution >= 4 is 23.6 Å². The fourth-order valence-corrected chi connectivity index (χ4v) is 2.33. The van der Waals surface area contributed by atoms with Gasteiger partial charge in [-0.1, -0.05) is 13.8 Å². The molecule has 0 unspecified atom stereocenters. The molecular weight excluding hydrogens is 174 g/mol. The Morgan fingerprint density at radius 3 is 2.42 bits per heavy atom. The molecule has 1 saturated heterocycles. The normalized spacial score (nSPS) is 24.3. The summed E-state index contributed by atoms with van der Waals surface area (Å²) in [6, 6.07) is 0. The highest BCUT2D eigenvalue weighted by Gasteiger charge is 2.36. The van der Waals surface area contributed by atoms with Crippen LogP contribution in [0.15, 0.2) is 0 Å². The highest BCUT2D eigenvalue weighted by Crippen LogP contribution is 2.26. The minimum absolute atomic E-state index is 0.0429. The molecule has 3 nitrogen and oxygen atoms in total. The average Bonchev–Trinajstić information content (AvgIpc) is 2.17. The highest BCUT2D eigenvalue weighted by molar-refractivity contribution is 8.01. The van der Waals surface area contributed by atoms with Gasteiger partial charge in [-0.05, 0) is 5.25 Å². The second-order valence-electron chi connectivity index (χ2n) is 3.17. The lowest BCUT2D eigenvalue weighted by Gasteiger charge is -2.10. The topological polar surface area (TPSA) is 37.4 Å². The van der Waals surface area contributed by atoms with Gasteiger partial charge in [-0.15, -0.1) is 11.8 Å². The first-order valence-electron chi connectivity index (χ1n) is 3.98. The van der Waals surface area contributed by atoms with Crippen LogP contribution in [-0.2, 0) is 9.59 Å². The molecule has 1 aliphatic rings. The lowest BCUT2D eigenvalue weighted by atomic mass is 10.4. The number of hydrogen-bond donors (Lipinski definition) is 0. The van der Waals surface area contributed by atoms with Crippen LogP contribution in [0, 0.1) is 0 Å². The number of nitrogens with zero attached hydrogens (tertiary/aromatic N) is 1. The Bertz CT molecular complexity index is 215. The van der Waals surface area contributed by atoms with Crippen molar-refractivity contribution in [3.63, 3.8) is 0 Å². The van der Waals surface area contributed by atoms with E-state index in [1.54, 1.807) is 18.8 Å². The molecule has 0 spiro atoms. The van der Waals surface area contributed by atoms with Crippen LogP contribution >= 0.6 is 11.8 Å². The minimum Gasteiger partial charge on any atom is -0.285 e. The van der Waals surface area contributed by atoms with Crippen molar-refractivity contribution in [3.8, 4) is 0 Å². The van der Waals surface area contributed by atoms with E-state index >= 15 is 0 Å². The Morgan fingerprint density at radius 2 is 2.08 bits per heavy atom.